The summed E-state index contributed by atoms with van der Waals surface area (Å²) >= 11 is 0. The Morgan fingerprint density at radius 3 is 2.58 bits per heavy atom. The van der Waals surface area contributed by atoms with Crippen LogP contribution in [-0.2, 0) is 16.0 Å². The lowest BCUT2D eigenvalue weighted by atomic mass is 9.91. The van der Waals surface area contributed by atoms with E-state index in [1.54, 1.807) is 18.5 Å². The molecule has 5 nitrogen and oxygen atoms in total. The molecule has 1 saturated heterocycles. The number of aromatic nitrogens is 1. The lowest BCUT2D eigenvalue weighted by Gasteiger charge is -2.26. The first kappa shape index (κ1) is 21.3. The molecule has 0 spiro atoms. The number of rotatable bonds is 6. The molecule has 0 bridgehead atoms. The highest BCUT2D eigenvalue weighted by molar-refractivity contribution is 5.84. The molecule has 2 heterocycles. The van der Waals surface area contributed by atoms with Crippen LogP contribution in [0.4, 0.5) is 0 Å². The molecule has 162 valence electrons. The predicted octanol–water partition coefficient (Wildman–Crippen LogP) is 3.95. The van der Waals surface area contributed by atoms with Gasteiger partial charge in [0.1, 0.15) is 0 Å². The molecule has 1 aromatic carbocycles. The van der Waals surface area contributed by atoms with Crippen LogP contribution in [0.3, 0.4) is 0 Å². The van der Waals surface area contributed by atoms with E-state index in [-0.39, 0.29) is 23.7 Å². The van der Waals surface area contributed by atoms with Crippen LogP contribution >= 0.6 is 0 Å². The second-order valence-corrected chi connectivity index (χ2v) is 8.63. The van der Waals surface area contributed by atoms with Gasteiger partial charge in [-0.05, 0) is 48.1 Å². The third-order valence-corrected chi connectivity index (χ3v) is 6.58. The molecule has 1 aliphatic carbocycles. The number of carbonyl (C=O) groups is 2. The fourth-order valence-corrected chi connectivity index (χ4v) is 4.94. The summed E-state index contributed by atoms with van der Waals surface area (Å²) < 4.78 is 0. The molecule has 1 aliphatic heterocycles. The molecule has 2 aromatic rings. The van der Waals surface area contributed by atoms with E-state index in [2.05, 4.69) is 23.7 Å². The highest BCUT2D eigenvalue weighted by Crippen LogP contribution is 2.30. The Morgan fingerprint density at radius 2 is 1.84 bits per heavy atom. The molecule has 31 heavy (non-hydrogen) atoms. The van der Waals surface area contributed by atoms with Gasteiger partial charge in [-0.25, -0.2) is 0 Å². The Balaban J connectivity index is 1.60. The Morgan fingerprint density at radius 1 is 1.10 bits per heavy atom. The standard InChI is InChI=1S/C26H31N3O2/c1-2-15-28-16-17-29(25(30)21-7-3-4-8-21)19-23(26(28)31)18-22-9-5-6-10-24(22)20-11-13-27-14-12-20/h2,5-6,9-14,21,23H,1,3-4,7-8,15-19H2. The van der Waals surface area contributed by atoms with Crippen molar-refractivity contribution in [2.75, 3.05) is 26.2 Å². The Kier molecular flexibility index (Phi) is 6.80. The summed E-state index contributed by atoms with van der Waals surface area (Å²) in [7, 11) is 0. The van der Waals surface area contributed by atoms with Crippen molar-refractivity contribution < 1.29 is 9.59 Å². The molecule has 1 saturated carbocycles. The van der Waals surface area contributed by atoms with Crippen molar-refractivity contribution in [3.63, 3.8) is 0 Å². The molecule has 1 unspecified atom stereocenters. The van der Waals surface area contributed by atoms with Crippen molar-refractivity contribution in [3.05, 3.63) is 67.0 Å². The molecule has 5 heteroatoms. The van der Waals surface area contributed by atoms with Crippen LogP contribution in [-0.4, -0.2) is 52.8 Å². The van der Waals surface area contributed by atoms with Gasteiger partial charge < -0.3 is 9.80 Å². The number of nitrogens with zero attached hydrogens (tertiary/aromatic N) is 3. The topological polar surface area (TPSA) is 53.5 Å². The number of hydrogen-bond donors (Lipinski definition) is 0. The lowest BCUT2D eigenvalue weighted by molar-refractivity contribution is -0.136. The van der Waals surface area contributed by atoms with Crippen LogP contribution < -0.4 is 0 Å². The first-order chi connectivity index (χ1) is 15.2. The van der Waals surface area contributed by atoms with Crippen LogP contribution in [0, 0.1) is 11.8 Å². The van der Waals surface area contributed by atoms with Gasteiger partial charge in [0, 0.05) is 44.5 Å². The number of pyridine rings is 1. The number of carbonyl (C=O) groups excluding carboxylic acids is 2. The first-order valence-electron chi connectivity index (χ1n) is 11.3. The summed E-state index contributed by atoms with van der Waals surface area (Å²) in [6.45, 7) is 6.02. The van der Waals surface area contributed by atoms with Gasteiger partial charge >= 0.3 is 0 Å². The van der Waals surface area contributed by atoms with Gasteiger partial charge in [0.2, 0.25) is 11.8 Å². The van der Waals surface area contributed by atoms with Gasteiger partial charge in [0.25, 0.3) is 0 Å². The van der Waals surface area contributed by atoms with E-state index >= 15 is 0 Å². The molecular formula is C26H31N3O2. The van der Waals surface area contributed by atoms with Gasteiger partial charge in [-0.2, -0.15) is 0 Å². The van der Waals surface area contributed by atoms with E-state index in [0.717, 1.165) is 42.4 Å². The minimum Gasteiger partial charge on any atom is -0.340 e. The van der Waals surface area contributed by atoms with Crippen molar-refractivity contribution in [2.45, 2.75) is 32.1 Å². The highest BCUT2D eigenvalue weighted by atomic mass is 16.2. The maximum Gasteiger partial charge on any atom is 0.228 e. The quantitative estimate of drug-likeness (QED) is 0.669. The highest BCUT2D eigenvalue weighted by Gasteiger charge is 2.35. The lowest BCUT2D eigenvalue weighted by Crippen LogP contribution is -2.40. The second-order valence-electron chi connectivity index (χ2n) is 8.63. The summed E-state index contributed by atoms with van der Waals surface area (Å²) in [5.41, 5.74) is 3.33. The van der Waals surface area contributed by atoms with Crippen LogP contribution in [0.15, 0.2) is 61.4 Å². The van der Waals surface area contributed by atoms with Crippen LogP contribution in [0.5, 0.6) is 0 Å². The number of hydrogen-bond acceptors (Lipinski definition) is 3. The zero-order valence-electron chi connectivity index (χ0n) is 18.1. The smallest absolute Gasteiger partial charge is 0.228 e. The molecule has 0 radical (unpaired) electrons. The van der Waals surface area contributed by atoms with Gasteiger partial charge in [-0.15, -0.1) is 6.58 Å². The summed E-state index contributed by atoms with van der Waals surface area (Å²) in [4.78, 5) is 34.5. The van der Waals surface area contributed by atoms with E-state index in [1.807, 2.05) is 34.1 Å². The van der Waals surface area contributed by atoms with E-state index in [9.17, 15) is 9.59 Å². The molecule has 0 N–H and O–H groups in total. The summed E-state index contributed by atoms with van der Waals surface area (Å²) in [6, 6.07) is 12.2. The van der Waals surface area contributed by atoms with Crippen LogP contribution in [0.25, 0.3) is 11.1 Å². The average molecular weight is 418 g/mol. The first-order valence-corrected chi connectivity index (χ1v) is 11.3. The normalized spacial score (nSPS) is 20.0. The van der Waals surface area contributed by atoms with E-state index in [0.29, 0.717) is 32.6 Å². The fourth-order valence-electron chi connectivity index (χ4n) is 4.94. The third kappa shape index (κ3) is 4.87. The molecule has 1 atom stereocenters. The largest absolute Gasteiger partial charge is 0.340 e. The maximum absolute atomic E-state index is 13.4. The Hall–Kier alpha value is -2.95. The Bertz CT molecular complexity index is 921. The molecule has 2 amide bonds. The van der Waals surface area contributed by atoms with Crippen LogP contribution in [0.1, 0.15) is 31.2 Å². The van der Waals surface area contributed by atoms with Gasteiger partial charge in [0.15, 0.2) is 0 Å². The number of benzene rings is 1. The SMILES string of the molecule is C=CCN1CCN(C(=O)C2CCCC2)CC(Cc2ccccc2-c2ccncc2)C1=O. The molecule has 2 fully saturated rings. The number of amides is 2. The van der Waals surface area contributed by atoms with Crippen molar-refractivity contribution in [1.82, 2.24) is 14.8 Å². The van der Waals surface area contributed by atoms with E-state index in [1.165, 1.54) is 0 Å². The zero-order chi connectivity index (χ0) is 21.6. The van der Waals surface area contributed by atoms with Crippen molar-refractivity contribution in [3.8, 4) is 11.1 Å². The molecule has 4 rings (SSSR count). The third-order valence-electron chi connectivity index (χ3n) is 6.58. The molecule has 1 aromatic heterocycles. The summed E-state index contributed by atoms with van der Waals surface area (Å²) in [6.07, 6.45) is 10.2. The van der Waals surface area contributed by atoms with Crippen molar-refractivity contribution >= 4 is 11.8 Å². The zero-order valence-corrected chi connectivity index (χ0v) is 18.1. The van der Waals surface area contributed by atoms with Gasteiger partial charge in [-0.3, -0.25) is 14.6 Å². The van der Waals surface area contributed by atoms with Gasteiger partial charge in [-0.1, -0.05) is 43.2 Å². The monoisotopic (exact) mass is 417 g/mol. The van der Waals surface area contributed by atoms with E-state index in [4.69, 9.17) is 0 Å². The maximum atomic E-state index is 13.4. The predicted molar refractivity (Wildman–Crippen MR) is 122 cm³/mol. The van der Waals surface area contributed by atoms with Gasteiger partial charge in [0.05, 0.1) is 5.92 Å². The van der Waals surface area contributed by atoms with E-state index < -0.39 is 0 Å². The molecule has 2 aliphatic rings. The van der Waals surface area contributed by atoms with Crippen molar-refractivity contribution in [1.29, 1.82) is 0 Å². The van der Waals surface area contributed by atoms with Crippen LogP contribution in [0.2, 0.25) is 0 Å². The Labute approximate surface area is 184 Å². The fraction of sp³-hybridized carbons (Fsp3) is 0.423. The second kappa shape index (κ2) is 9.90. The average Bonchev–Trinajstić information content (AvgIpc) is 3.30. The van der Waals surface area contributed by atoms with Crippen molar-refractivity contribution in [2.24, 2.45) is 11.8 Å². The minimum atomic E-state index is -0.254. The summed E-state index contributed by atoms with van der Waals surface area (Å²) in [5, 5.41) is 0. The minimum absolute atomic E-state index is 0.117. The summed E-state index contributed by atoms with van der Waals surface area (Å²) in [5.74, 6) is 0.228. The molecular weight excluding hydrogens is 386 g/mol.